The zero-order valence-electron chi connectivity index (χ0n) is 9.46. The third-order valence-electron chi connectivity index (χ3n) is 2.03. The maximum Gasteiger partial charge on any atom is 0.321 e. The number of carboxylic acids is 1. The Morgan fingerprint density at radius 2 is 2.06 bits per heavy atom. The van der Waals surface area contributed by atoms with Crippen molar-refractivity contribution in [2.24, 2.45) is 5.73 Å². The van der Waals surface area contributed by atoms with Crippen molar-refractivity contribution in [2.45, 2.75) is 11.8 Å². The number of methoxy groups -OCH3 is 1. The van der Waals surface area contributed by atoms with Gasteiger partial charge in [-0.1, -0.05) is 33.7 Å². The highest BCUT2D eigenvalue weighted by Crippen LogP contribution is 2.26. The first-order valence-electron chi connectivity index (χ1n) is 4.99. The minimum Gasteiger partial charge on any atom is -0.497 e. The number of nitrogens with two attached hydrogens (primary N) is 1. The van der Waals surface area contributed by atoms with E-state index in [0.29, 0.717) is 5.75 Å². The molecule has 3 N–H and O–H groups in total. The Labute approximate surface area is 108 Å². The lowest BCUT2D eigenvalue weighted by molar-refractivity contribution is -0.137. The molecule has 0 bridgehead atoms. The Balaban J connectivity index is 2.24. The molecule has 0 saturated heterocycles. The van der Waals surface area contributed by atoms with E-state index in [1.54, 1.807) is 17.9 Å². The van der Waals surface area contributed by atoms with Gasteiger partial charge in [0.1, 0.15) is 11.8 Å². The molecule has 0 amide bonds. The molecule has 1 aromatic carbocycles. The van der Waals surface area contributed by atoms with E-state index in [4.69, 9.17) is 15.6 Å². The van der Waals surface area contributed by atoms with Crippen LogP contribution in [0.1, 0.15) is 5.56 Å². The van der Waals surface area contributed by atoms with Gasteiger partial charge in [-0.2, -0.15) is 0 Å². The summed E-state index contributed by atoms with van der Waals surface area (Å²) in [7, 11) is 4.70. The largest absolute Gasteiger partial charge is 0.497 e. The van der Waals surface area contributed by atoms with Crippen LogP contribution >= 0.6 is 21.6 Å². The number of hydrogen-bond donors (Lipinski definition) is 2. The third kappa shape index (κ3) is 5.34. The van der Waals surface area contributed by atoms with Gasteiger partial charge in [0.25, 0.3) is 0 Å². The van der Waals surface area contributed by atoms with Crippen molar-refractivity contribution in [3.63, 3.8) is 0 Å². The zero-order chi connectivity index (χ0) is 12.7. The summed E-state index contributed by atoms with van der Waals surface area (Å²) >= 11 is 0. The Kier molecular flexibility index (Phi) is 6.25. The second-order valence-corrected chi connectivity index (χ2v) is 5.85. The van der Waals surface area contributed by atoms with Crippen LogP contribution in [0.25, 0.3) is 0 Å². The number of carboxylic acid groups (broad SMARTS) is 1. The van der Waals surface area contributed by atoms with Crippen LogP contribution in [-0.4, -0.2) is 30.0 Å². The van der Waals surface area contributed by atoms with Gasteiger partial charge in [0.2, 0.25) is 0 Å². The van der Waals surface area contributed by atoms with Crippen molar-refractivity contribution >= 4 is 27.6 Å². The number of benzene rings is 1. The van der Waals surface area contributed by atoms with Crippen LogP contribution < -0.4 is 10.5 Å². The van der Waals surface area contributed by atoms with Crippen molar-refractivity contribution in [3.05, 3.63) is 29.8 Å². The molecule has 94 valence electrons. The maximum atomic E-state index is 10.5. The van der Waals surface area contributed by atoms with E-state index >= 15 is 0 Å². The van der Waals surface area contributed by atoms with Gasteiger partial charge in [-0.15, -0.1) is 0 Å². The molecule has 1 atom stereocenters. The van der Waals surface area contributed by atoms with E-state index in [1.165, 1.54) is 16.4 Å². The second-order valence-electron chi connectivity index (χ2n) is 3.34. The molecule has 6 heteroatoms. The van der Waals surface area contributed by atoms with E-state index in [1.807, 2.05) is 24.3 Å². The van der Waals surface area contributed by atoms with Crippen LogP contribution in [0.15, 0.2) is 24.3 Å². The zero-order valence-corrected chi connectivity index (χ0v) is 11.1. The molecule has 0 aliphatic carbocycles. The average molecular weight is 273 g/mol. The number of rotatable bonds is 7. The second kappa shape index (κ2) is 7.47. The highest BCUT2D eigenvalue weighted by Gasteiger charge is 2.10. The van der Waals surface area contributed by atoms with Gasteiger partial charge in [0.05, 0.1) is 7.11 Å². The van der Waals surface area contributed by atoms with Gasteiger partial charge in [-0.25, -0.2) is 0 Å². The molecule has 0 aliphatic rings. The third-order valence-corrected chi connectivity index (χ3v) is 4.41. The Morgan fingerprint density at radius 1 is 1.41 bits per heavy atom. The maximum absolute atomic E-state index is 10.5. The summed E-state index contributed by atoms with van der Waals surface area (Å²) in [4.78, 5) is 10.5. The van der Waals surface area contributed by atoms with Crippen LogP contribution in [-0.2, 0) is 10.5 Å². The normalized spacial score (nSPS) is 12.1. The van der Waals surface area contributed by atoms with Crippen molar-refractivity contribution in [1.29, 1.82) is 0 Å². The van der Waals surface area contributed by atoms with Crippen molar-refractivity contribution in [3.8, 4) is 5.75 Å². The summed E-state index contributed by atoms with van der Waals surface area (Å²) in [6.45, 7) is 0. The molecular formula is C11H15NO3S2. The first kappa shape index (κ1) is 14.2. The average Bonchev–Trinajstić information content (AvgIpc) is 2.35. The topological polar surface area (TPSA) is 72.5 Å². The minimum absolute atomic E-state index is 0.413. The Bertz CT molecular complexity index is 356. The summed E-state index contributed by atoms with van der Waals surface area (Å²) in [5.74, 6) is 1.11. The Morgan fingerprint density at radius 3 is 2.59 bits per heavy atom. The molecular weight excluding hydrogens is 258 g/mol. The molecule has 17 heavy (non-hydrogen) atoms. The van der Waals surface area contributed by atoms with Crippen LogP contribution in [0.5, 0.6) is 5.75 Å². The fourth-order valence-electron chi connectivity index (χ4n) is 1.02. The lowest BCUT2D eigenvalue weighted by Gasteiger charge is -2.05. The molecule has 1 aromatic rings. The van der Waals surface area contributed by atoms with E-state index in [0.717, 1.165) is 11.5 Å². The smallest absolute Gasteiger partial charge is 0.321 e. The van der Waals surface area contributed by atoms with E-state index in [-0.39, 0.29) is 0 Å². The molecule has 0 spiro atoms. The lowest BCUT2D eigenvalue weighted by atomic mass is 10.2. The van der Waals surface area contributed by atoms with Gasteiger partial charge < -0.3 is 15.6 Å². The van der Waals surface area contributed by atoms with Crippen LogP contribution in [0.3, 0.4) is 0 Å². The number of aliphatic carboxylic acids is 1. The molecule has 0 aromatic heterocycles. The van der Waals surface area contributed by atoms with Gasteiger partial charge in [-0.3, -0.25) is 4.79 Å². The fraction of sp³-hybridized carbons (Fsp3) is 0.364. The van der Waals surface area contributed by atoms with E-state index in [9.17, 15) is 4.79 Å². The van der Waals surface area contributed by atoms with Crippen LogP contribution in [0, 0.1) is 0 Å². The van der Waals surface area contributed by atoms with Gasteiger partial charge in [0, 0.05) is 11.5 Å². The predicted octanol–water partition coefficient (Wildman–Crippen LogP) is 1.99. The summed E-state index contributed by atoms with van der Waals surface area (Å²) in [5.41, 5.74) is 6.56. The fourth-order valence-corrected chi connectivity index (χ4v) is 3.21. The number of hydrogen-bond acceptors (Lipinski definition) is 5. The monoisotopic (exact) mass is 273 g/mol. The quantitative estimate of drug-likeness (QED) is 0.584. The van der Waals surface area contributed by atoms with E-state index in [2.05, 4.69) is 0 Å². The molecule has 0 aliphatic heterocycles. The predicted molar refractivity (Wildman–Crippen MR) is 72.4 cm³/mol. The van der Waals surface area contributed by atoms with Crippen LogP contribution in [0.2, 0.25) is 0 Å². The van der Waals surface area contributed by atoms with Crippen molar-refractivity contribution in [1.82, 2.24) is 0 Å². The molecule has 0 radical (unpaired) electrons. The van der Waals surface area contributed by atoms with Crippen LogP contribution in [0.4, 0.5) is 0 Å². The molecule has 1 rings (SSSR count). The molecule has 0 fully saturated rings. The molecule has 0 heterocycles. The van der Waals surface area contributed by atoms with Gasteiger partial charge in [0.15, 0.2) is 0 Å². The standard InChI is InChI=1S/C11H15NO3S2/c1-15-9-4-2-8(3-5-9)6-16-17-7-10(12)11(13)14/h2-5,10H,6-7,12H2,1H3,(H,13,14)/t10-/m0/s1. The van der Waals surface area contributed by atoms with Gasteiger partial charge >= 0.3 is 5.97 Å². The minimum atomic E-state index is -0.956. The van der Waals surface area contributed by atoms with Crippen molar-refractivity contribution in [2.75, 3.05) is 12.9 Å². The van der Waals surface area contributed by atoms with E-state index < -0.39 is 12.0 Å². The number of carbonyl (C=O) groups is 1. The molecule has 0 unspecified atom stereocenters. The first-order chi connectivity index (χ1) is 8.13. The van der Waals surface area contributed by atoms with Gasteiger partial charge in [-0.05, 0) is 17.7 Å². The number of ether oxygens (including phenoxy) is 1. The highest BCUT2D eigenvalue weighted by molar-refractivity contribution is 8.76. The highest BCUT2D eigenvalue weighted by atomic mass is 33.1. The molecule has 4 nitrogen and oxygen atoms in total. The van der Waals surface area contributed by atoms with Crippen molar-refractivity contribution < 1.29 is 14.6 Å². The summed E-state index contributed by atoms with van der Waals surface area (Å²) in [6, 6.07) is 7.00. The summed E-state index contributed by atoms with van der Waals surface area (Å²) < 4.78 is 5.06. The molecule has 0 saturated carbocycles. The lowest BCUT2D eigenvalue weighted by Crippen LogP contribution is -2.32. The summed E-state index contributed by atoms with van der Waals surface area (Å²) in [6.07, 6.45) is 0. The SMILES string of the molecule is COc1ccc(CSSC[C@H](N)C(=O)O)cc1. The first-order valence-corrected chi connectivity index (χ1v) is 7.48. The Hall–Kier alpha value is -0.850. The summed E-state index contributed by atoms with van der Waals surface area (Å²) in [5, 5.41) is 8.59.